The predicted octanol–water partition coefficient (Wildman–Crippen LogP) is 3.84. The second kappa shape index (κ2) is 8.23. The molecule has 1 heterocycles. The Balaban J connectivity index is 1.65. The fraction of sp³-hybridized carbons (Fsp3) is 0.208. The molecule has 0 amide bonds. The molecule has 4 rings (SSSR count). The number of nitrogens with zero attached hydrogens (tertiary/aromatic N) is 2. The molecule has 0 spiro atoms. The Bertz CT molecular complexity index is 1240. The molecule has 158 valence electrons. The van der Waals surface area contributed by atoms with Crippen LogP contribution in [-0.2, 0) is 10.0 Å². The molecular weight excluding hydrogens is 415 g/mol. The maximum absolute atomic E-state index is 13.3. The fourth-order valence-electron chi connectivity index (χ4n) is 4.19. The van der Waals surface area contributed by atoms with E-state index in [1.54, 1.807) is 37.3 Å². The molecule has 1 aliphatic rings. The smallest absolute Gasteiger partial charge is 0.244 e. The zero-order chi connectivity index (χ0) is 22.2. The Morgan fingerprint density at radius 2 is 1.58 bits per heavy atom. The molecule has 0 aromatic heterocycles. The van der Waals surface area contributed by atoms with Crippen molar-refractivity contribution in [3.05, 3.63) is 89.7 Å². The Morgan fingerprint density at radius 1 is 1.00 bits per heavy atom. The van der Waals surface area contributed by atoms with E-state index in [-0.39, 0.29) is 10.7 Å². The molecule has 3 aromatic rings. The van der Waals surface area contributed by atoms with Crippen LogP contribution >= 0.6 is 0 Å². The number of aryl methyl sites for hydroxylation is 1. The minimum Gasteiger partial charge on any atom is -0.395 e. The van der Waals surface area contributed by atoms with E-state index in [0.29, 0.717) is 5.56 Å². The van der Waals surface area contributed by atoms with Crippen molar-refractivity contribution in [2.24, 2.45) is 0 Å². The van der Waals surface area contributed by atoms with E-state index in [9.17, 15) is 23.2 Å². The number of sulfonamides is 1. The van der Waals surface area contributed by atoms with Crippen LogP contribution in [0.3, 0.4) is 0 Å². The van der Waals surface area contributed by atoms with E-state index in [1.807, 2.05) is 24.3 Å². The third kappa shape index (κ3) is 3.63. The first-order valence-electron chi connectivity index (χ1n) is 9.84. The third-order valence-electron chi connectivity index (χ3n) is 5.80. The first kappa shape index (κ1) is 21.2. The van der Waals surface area contributed by atoms with Crippen molar-refractivity contribution >= 4 is 10.0 Å². The number of aliphatic hydroxyl groups is 1. The fourth-order valence-corrected chi connectivity index (χ4v) is 6.18. The molecule has 1 aliphatic heterocycles. The van der Waals surface area contributed by atoms with E-state index in [1.165, 1.54) is 18.2 Å². The van der Waals surface area contributed by atoms with Gasteiger partial charge in [-0.2, -0.15) is 9.57 Å². The normalized spacial score (nSPS) is 21.3. The number of nitriles is 1. The molecule has 31 heavy (non-hydrogen) atoms. The van der Waals surface area contributed by atoms with Gasteiger partial charge >= 0.3 is 0 Å². The molecular formula is C24H21FN2O3S. The summed E-state index contributed by atoms with van der Waals surface area (Å²) in [6.45, 7) is 1.31. The van der Waals surface area contributed by atoms with Gasteiger partial charge in [0.15, 0.2) is 0 Å². The molecule has 5 nitrogen and oxygen atoms in total. The second-order valence-corrected chi connectivity index (χ2v) is 9.39. The van der Waals surface area contributed by atoms with Crippen LogP contribution in [0, 0.1) is 24.1 Å². The number of rotatable bonds is 5. The lowest BCUT2D eigenvalue weighted by Crippen LogP contribution is -2.65. The van der Waals surface area contributed by atoms with Crippen LogP contribution in [0.25, 0.3) is 11.1 Å². The SMILES string of the molecule is Cc1ccccc1S(=O)(=O)N1[C@H](C#N)[C@H](c2ccc(-c3ccc(F)cc3)cc2)[C@@H]1CO. The standard InChI is InChI=1S/C24H21FN2O3S/c1-16-4-2-3-5-23(16)31(29,30)27-21(14-26)24(22(27)15-28)19-8-6-17(7-9-19)18-10-12-20(25)13-11-18/h2-13,21-22,24,28H,15H2,1H3/t21-,22+,24+/m1/s1. The second-order valence-electron chi connectivity index (χ2n) is 7.58. The van der Waals surface area contributed by atoms with Crippen LogP contribution < -0.4 is 0 Å². The van der Waals surface area contributed by atoms with Gasteiger partial charge in [-0.05, 0) is 47.4 Å². The van der Waals surface area contributed by atoms with Crippen LogP contribution in [0.2, 0.25) is 0 Å². The van der Waals surface area contributed by atoms with Gasteiger partial charge in [0.05, 0.1) is 23.6 Å². The summed E-state index contributed by atoms with van der Waals surface area (Å²) in [4.78, 5) is 0.138. The highest BCUT2D eigenvalue weighted by Gasteiger charge is 2.55. The number of benzene rings is 3. The Morgan fingerprint density at radius 3 is 2.13 bits per heavy atom. The number of hydrogen-bond donors (Lipinski definition) is 1. The highest BCUT2D eigenvalue weighted by atomic mass is 32.2. The minimum atomic E-state index is -3.94. The van der Waals surface area contributed by atoms with Gasteiger partial charge in [-0.25, -0.2) is 12.8 Å². The summed E-state index contributed by atoms with van der Waals surface area (Å²) in [6, 6.07) is 20.6. The van der Waals surface area contributed by atoms with Crippen molar-refractivity contribution in [3.8, 4) is 17.2 Å². The average molecular weight is 437 g/mol. The van der Waals surface area contributed by atoms with Crippen molar-refractivity contribution in [2.75, 3.05) is 6.61 Å². The molecule has 1 N–H and O–H groups in total. The Labute approximate surface area is 181 Å². The lowest BCUT2D eigenvalue weighted by molar-refractivity contribution is 0.0556. The van der Waals surface area contributed by atoms with Crippen LogP contribution in [0.4, 0.5) is 4.39 Å². The maximum atomic E-state index is 13.3. The van der Waals surface area contributed by atoms with Crippen molar-refractivity contribution in [1.82, 2.24) is 4.31 Å². The molecule has 1 fully saturated rings. The highest BCUT2D eigenvalue weighted by molar-refractivity contribution is 7.89. The Hall–Kier alpha value is -3.05. The quantitative estimate of drug-likeness (QED) is 0.659. The van der Waals surface area contributed by atoms with E-state index in [4.69, 9.17) is 0 Å². The minimum absolute atomic E-state index is 0.138. The summed E-state index contributed by atoms with van der Waals surface area (Å²) < 4.78 is 40.8. The summed E-state index contributed by atoms with van der Waals surface area (Å²) in [5, 5.41) is 19.8. The highest BCUT2D eigenvalue weighted by Crippen LogP contribution is 2.44. The van der Waals surface area contributed by atoms with Gasteiger partial charge in [0.2, 0.25) is 10.0 Å². The van der Waals surface area contributed by atoms with Gasteiger partial charge in [0.25, 0.3) is 0 Å². The summed E-state index contributed by atoms with van der Waals surface area (Å²) in [6.07, 6.45) is 0. The first-order chi connectivity index (χ1) is 14.9. The largest absolute Gasteiger partial charge is 0.395 e. The summed E-state index contributed by atoms with van der Waals surface area (Å²) in [7, 11) is -3.94. The zero-order valence-electron chi connectivity index (χ0n) is 16.8. The van der Waals surface area contributed by atoms with Crippen LogP contribution in [0.1, 0.15) is 17.0 Å². The average Bonchev–Trinajstić information content (AvgIpc) is 2.75. The van der Waals surface area contributed by atoms with Gasteiger partial charge in [-0.15, -0.1) is 0 Å². The van der Waals surface area contributed by atoms with Gasteiger partial charge in [-0.3, -0.25) is 0 Å². The number of halogens is 1. The lowest BCUT2D eigenvalue weighted by Gasteiger charge is -2.50. The predicted molar refractivity (Wildman–Crippen MR) is 115 cm³/mol. The molecule has 0 bridgehead atoms. The molecule has 0 unspecified atom stereocenters. The van der Waals surface area contributed by atoms with E-state index in [2.05, 4.69) is 6.07 Å². The van der Waals surface area contributed by atoms with E-state index < -0.39 is 34.6 Å². The van der Waals surface area contributed by atoms with Crippen molar-refractivity contribution in [2.45, 2.75) is 29.8 Å². The lowest BCUT2D eigenvalue weighted by atomic mass is 9.78. The molecule has 3 aromatic carbocycles. The topological polar surface area (TPSA) is 81.4 Å². The molecule has 1 saturated heterocycles. The first-order valence-corrected chi connectivity index (χ1v) is 11.3. The van der Waals surface area contributed by atoms with Crippen LogP contribution in [0.5, 0.6) is 0 Å². The summed E-state index contributed by atoms with van der Waals surface area (Å²) in [5.74, 6) is -0.761. The van der Waals surface area contributed by atoms with Gasteiger partial charge in [-0.1, -0.05) is 54.6 Å². The Kier molecular flexibility index (Phi) is 5.63. The summed E-state index contributed by atoms with van der Waals surface area (Å²) >= 11 is 0. The van der Waals surface area contributed by atoms with Crippen LogP contribution in [0.15, 0.2) is 77.7 Å². The maximum Gasteiger partial charge on any atom is 0.244 e. The number of hydrogen-bond acceptors (Lipinski definition) is 4. The van der Waals surface area contributed by atoms with Crippen molar-refractivity contribution < 1.29 is 17.9 Å². The van der Waals surface area contributed by atoms with Gasteiger partial charge in [0.1, 0.15) is 11.9 Å². The molecule has 0 aliphatic carbocycles. The van der Waals surface area contributed by atoms with Crippen LogP contribution in [-0.4, -0.2) is 36.5 Å². The monoisotopic (exact) mass is 436 g/mol. The molecule has 7 heteroatoms. The van der Waals surface area contributed by atoms with Crippen molar-refractivity contribution in [1.29, 1.82) is 5.26 Å². The van der Waals surface area contributed by atoms with E-state index in [0.717, 1.165) is 21.0 Å². The van der Waals surface area contributed by atoms with Gasteiger partial charge in [0, 0.05) is 5.92 Å². The van der Waals surface area contributed by atoms with E-state index >= 15 is 0 Å². The zero-order valence-corrected chi connectivity index (χ0v) is 17.6. The molecule has 3 atom stereocenters. The molecule has 0 radical (unpaired) electrons. The number of aliphatic hydroxyl groups excluding tert-OH is 1. The van der Waals surface area contributed by atoms with Crippen molar-refractivity contribution in [3.63, 3.8) is 0 Å². The molecule has 0 saturated carbocycles. The summed E-state index contributed by atoms with van der Waals surface area (Å²) in [5.41, 5.74) is 3.08. The van der Waals surface area contributed by atoms with Gasteiger partial charge < -0.3 is 5.11 Å². The third-order valence-corrected chi connectivity index (χ3v) is 7.86.